The summed E-state index contributed by atoms with van der Waals surface area (Å²) in [6.45, 7) is 3.64. The second-order valence-corrected chi connectivity index (χ2v) is 4.52. The number of nitrogens with two attached hydrogens (primary N) is 2. The monoisotopic (exact) mass is 273 g/mol. The first-order chi connectivity index (χ1) is 9.56. The van der Waals surface area contributed by atoms with Crippen LogP contribution in [-0.2, 0) is 11.2 Å². The van der Waals surface area contributed by atoms with Crippen LogP contribution in [0.3, 0.4) is 0 Å². The molecule has 0 spiro atoms. The van der Waals surface area contributed by atoms with E-state index in [0.29, 0.717) is 19.3 Å². The van der Waals surface area contributed by atoms with E-state index in [9.17, 15) is 4.79 Å². The zero-order valence-corrected chi connectivity index (χ0v) is 11.3. The van der Waals surface area contributed by atoms with Crippen LogP contribution < -0.4 is 11.5 Å². The summed E-state index contributed by atoms with van der Waals surface area (Å²) in [4.78, 5) is 10.9. The number of hydrogen-bond donors (Lipinski definition) is 2. The van der Waals surface area contributed by atoms with E-state index in [4.69, 9.17) is 21.5 Å². The molecule has 1 aromatic rings. The summed E-state index contributed by atoms with van der Waals surface area (Å²) in [7, 11) is 0. The van der Waals surface area contributed by atoms with Crippen molar-refractivity contribution in [3.63, 3.8) is 0 Å². The molecule has 5 nitrogen and oxygen atoms in total. The molecular formula is C15H19N3O2. The molecule has 1 unspecified atom stereocenters. The Labute approximate surface area is 118 Å². The summed E-state index contributed by atoms with van der Waals surface area (Å²) in [6, 6.07) is 9.40. The summed E-state index contributed by atoms with van der Waals surface area (Å²) in [5.41, 5.74) is 12.7. The van der Waals surface area contributed by atoms with Gasteiger partial charge in [-0.15, -0.1) is 6.58 Å². The molecule has 4 N–H and O–H groups in total. The smallest absolute Gasteiger partial charge is 0.405 e. The van der Waals surface area contributed by atoms with Gasteiger partial charge in [0.15, 0.2) is 0 Å². The molecule has 2 atom stereocenters. The Bertz CT molecular complexity index is 508. The van der Waals surface area contributed by atoms with Crippen molar-refractivity contribution in [1.29, 1.82) is 5.26 Å². The van der Waals surface area contributed by atoms with Crippen molar-refractivity contribution in [2.24, 2.45) is 11.5 Å². The molecule has 20 heavy (non-hydrogen) atoms. The molecule has 0 heterocycles. The number of ether oxygens (including phenoxy) is 1. The molecule has 106 valence electrons. The van der Waals surface area contributed by atoms with Crippen LogP contribution in [0.15, 0.2) is 36.9 Å². The largest absolute Gasteiger partial charge is 0.441 e. The van der Waals surface area contributed by atoms with Crippen LogP contribution >= 0.6 is 0 Å². The van der Waals surface area contributed by atoms with Gasteiger partial charge in [0.05, 0.1) is 12.5 Å². The van der Waals surface area contributed by atoms with Crippen molar-refractivity contribution < 1.29 is 9.53 Å². The molecule has 0 aliphatic rings. The second kappa shape index (κ2) is 7.97. The molecule has 0 bridgehead atoms. The number of carbonyl (C=O) groups is 1. The molecular weight excluding hydrogens is 254 g/mol. The third-order valence-electron chi connectivity index (χ3n) is 2.81. The highest BCUT2D eigenvalue weighted by molar-refractivity contribution is 5.65. The minimum absolute atomic E-state index is 0.204. The maximum atomic E-state index is 10.9. The molecule has 0 aliphatic carbocycles. The van der Waals surface area contributed by atoms with E-state index in [0.717, 1.165) is 11.1 Å². The molecule has 0 aliphatic heterocycles. The van der Waals surface area contributed by atoms with E-state index in [2.05, 4.69) is 6.58 Å². The Morgan fingerprint density at radius 2 is 2.30 bits per heavy atom. The lowest BCUT2D eigenvalue weighted by Crippen LogP contribution is -2.22. The molecule has 1 aromatic carbocycles. The van der Waals surface area contributed by atoms with Crippen molar-refractivity contribution in [1.82, 2.24) is 0 Å². The Morgan fingerprint density at radius 1 is 1.55 bits per heavy atom. The van der Waals surface area contributed by atoms with E-state index in [1.807, 2.05) is 30.3 Å². The standard InChI is InChI=1S/C15H19N3O2/c1-2-4-14(20-15(18)19)12-6-3-5-11(9-12)10-13(17)7-8-16/h2-3,5-6,9,13-14H,1,4,7,10,17H2,(H2,18,19)/t13?,14-/m0/s1. The van der Waals surface area contributed by atoms with Gasteiger partial charge < -0.3 is 16.2 Å². The quantitative estimate of drug-likeness (QED) is 0.743. The highest BCUT2D eigenvalue weighted by atomic mass is 16.6. The van der Waals surface area contributed by atoms with Crippen LogP contribution in [0.25, 0.3) is 0 Å². The molecule has 0 fully saturated rings. The average Bonchev–Trinajstić information content (AvgIpc) is 2.38. The first-order valence-electron chi connectivity index (χ1n) is 6.35. The summed E-state index contributed by atoms with van der Waals surface area (Å²) in [5.74, 6) is 0. The Morgan fingerprint density at radius 3 is 2.90 bits per heavy atom. The van der Waals surface area contributed by atoms with E-state index in [1.54, 1.807) is 6.08 Å². The van der Waals surface area contributed by atoms with E-state index in [-0.39, 0.29) is 6.04 Å². The van der Waals surface area contributed by atoms with Gasteiger partial charge in [-0.2, -0.15) is 5.26 Å². The third-order valence-corrected chi connectivity index (χ3v) is 2.81. The van der Waals surface area contributed by atoms with Gasteiger partial charge in [-0.3, -0.25) is 0 Å². The van der Waals surface area contributed by atoms with Crippen molar-refractivity contribution >= 4 is 6.09 Å². The number of hydrogen-bond acceptors (Lipinski definition) is 4. The van der Waals surface area contributed by atoms with Crippen LogP contribution in [0, 0.1) is 11.3 Å². The third kappa shape index (κ3) is 5.12. The highest BCUT2D eigenvalue weighted by Gasteiger charge is 2.14. The van der Waals surface area contributed by atoms with Gasteiger partial charge in [0.2, 0.25) is 0 Å². The zero-order valence-electron chi connectivity index (χ0n) is 11.3. The normalized spacial score (nSPS) is 13.0. The summed E-state index contributed by atoms with van der Waals surface area (Å²) >= 11 is 0. The fourth-order valence-electron chi connectivity index (χ4n) is 1.96. The summed E-state index contributed by atoms with van der Waals surface area (Å²) < 4.78 is 5.07. The van der Waals surface area contributed by atoms with Crippen molar-refractivity contribution in [3.8, 4) is 6.07 Å². The fourth-order valence-corrected chi connectivity index (χ4v) is 1.96. The van der Waals surface area contributed by atoms with Crippen LogP contribution in [0.2, 0.25) is 0 Å². The number of rotatable bonds is 7. The maximum Gasteiger partial charge on any atom is 0.405 e. The number of benzene rings is 1. The predicted octanol–water partition coefficient (Wildman–Crippen LogP) is 2.18. The van der Waals surface area contributed by atoms with Gasteiger partial charge in [0.1, 0.15) is 6.10 Å². The van der Waals surface area contributed by atoms with Gasteiger partial charge >= 0.3 is 6.09 Å². The lowest BCUT2D eigenvalue weighted by atomic mass is 9.99. The van der Waals surface area contributed by atoms with Gasteiger partial charge in [0.25, 0.3) is 0 Å². The lowest BCUT2D eigenvalue weighted by molar-refractivity contribution is 0.108. The predicted molar refractivity (Wildman–Crippen MR) is 76.6 cm³/mol. The van der Waals surface area contributed by atoms with Crippen molar-refractivity contribution in [3.05, 3.63) is 48.0 Å². The number of primary amides is 1. The van der Waals surface area contributed by atoms with Crippen molar-refractivity contribution in [2.45, 2.75) is 31.4 Å². The van der Waals surface area contributed by atoms with E-state index >= 15 is 0 Å². The Kier molecular flexibility index (Phi) is 6.27. The number of nitriles is 1. The number of carbonyl (C=O) groups excluding carboxylic acids is 1. The van der Waals surface area contributed by atoms with E-state index < -0.39 is 12.2 Å². The SMILES string of the molecule is C=CC[C@H](OC(N)=O)c1cccc(CC(N)CC#N)c1. The first kappa shape index (κ1) is 15.7. The first-order valence-corrected chi connectivity index (χ1v) is 6.35. The minimum Gasteiger partial charge on any atom is -0.441 e. The maximum absolute atomic E-state index is 10.9. The minimum atomic E-state index is -0.816. The molecule has 0 radical (unpaired) electrons. The van der Waals surface area contributed by atoms with Crippen LogP contribution in [0.4, 0.5) is 4.79 Å². The Hall–Kier alpha value is -2.32. The average molecular weight is 273 g/mol. The Balaban J connectivity index is 2.86. The number of nitrogens with zero attached hydrogens (tertiary/aromatic N) is 1. The molecule has 1 amide bonds. The van der Waals surface area contributed by atoms with Crippen LogP contribution in [0.5, 0.6) is 0 Å². The molecule has 5 heteroatoms. The molecule has 0 saturated heterocycles. The summed E-state index contributed by atoms with van der Waals surface area (Å²) in [6.07, 6.45) is 1.79. The topological polar surface area (TPSA) is 102 Å². The molecule has 0 saturated carbocycles. The fraction of sp³-hybridized carbons (Fsp3) is 0.333. The van der Waals surface area contributed by atoms with E-state index in [1.165, 1.54) is 0 Å². The number of amides is 1. The summed E-state index contributed by atoms with van der Waals surface area (Å²) in [5, 5.41) is 8.61. The van der Waals surface area contributed by atoms with Gasteiger partial charge in [-0.05, 0) is 17.5 Å². The van der Waals surface area contributed by atoms with Crippen LogP contribution in [0.1, 0.15) is 30.1 Å². The highest BCUT2D eigenvalue weighted by Crippen LogP contribution is 2.23. The molecule has 1 rings (SSSR count). The van der Waals surface area contributed by atoms with Gasteiger partial charge in [-0.25, -0.2) is 4.79 Å². The van der Waals surface area contributed by atoms with Crippen LogP contribution in [-0.4, -0.2) is 12.1 Å². The van der Waals surface area contributed by atoms with Gasteiger partial charge in [-0.1, -0.05) is 30.3 Å². The second-order valence-electron chi connectivity index (χ2n) is 4.52. The van der Waals surface area contributed by atoms with Crippen molar-refractivity contribution in [2.75, 3.05) is 0 Å². The zero-order chi connectivity index (χ0) is 15.0. The lowest BCUT2D eigenvalue weighted by Gasteiger charge is -2.17. The molecule has 0 aromatic heterocycles. The van der Waals surface area contributed by atoms with Gasteiger partial charge in [0, 0.05) is 12.5 Å².